The molecule has 8 heavy (non-hydrogen) atoms. The first-order chi connectivity index (χ1) is 3.93. The van der Waals surface area contributed by atoms with Gasteiger partial charge in [-0.15, -0.1) is 0 Å². The summed E-state index contributed by atoms with van der Waals surface area (Å²) in [7, 11) is 0. The molecular formula is C7H7Cl. The van der Waals surface area contributed by atoms with Crippen molar-refractivity contribution in [3.8, 4) is 0 Å². The molecule has 0 bridgehead atoms. The molecule has 0 spiro atoms. The maximum Gasteiger partial charge on any atom is 0.00777 e. The van der Waals surface area contributed by atoms with Crippen LogP contribution in [0.2, 0.25) is 0 Å². The SMILES string of the molecule is ClC=C1C=CC=CC1. The average molecular weight is 127 g/mol. The first-order valence-electron chi connectivity index (χ1n) is 2.56. The highest BCUT2D eigenvalue weighted by Gasteiger charge is 1.88. The van der Waals surface area contributed by atoms with Crippen LogP contribution in [-0.2, 0) is 0 Å². The zero-order valence-corrected chi connectivity index (χ0v) is 5.23. The Hall–Kier alpha value is -0.490. The fraction of sp³-hybridized carbons (Fsp3) is 0.143. The summed E-state index contributed by atoms with van der Waals surface area (Å²) in [5.41, 5.74) is 2.79. The predicted molar refractivity (Wildman–Crippen MR) is 36.8 cm³/mol. The fourth-order valence-electron chi connectivity index (χ4n) is 0.611. The second-order valence-electron chi connectivity index (χ2n) is 1.68. The van der Waals surface area contributed by atoms with Crippen molar-refractivity contribution in [1.82, 2.24) is 0 Å². The second kappa shape index (κ2) is 2.73. The Morgan fingerprint density at radius 1 is 1.50 bits per heavy atom. The Morgan fingerprint density at radius 3 is 2.75 bits per heavy atom. The van der Waals surface area contributed by atoms with Crippen LogP contribution >= 0.6 is 11.6 Å². The van der Waals surface area contributed by atoms with Crippen LogP contribution in [0.1, 0.15) is 6.42 Å². The number of hydrogen-bond donors (Lipinski definition) is 0. The van der Waals surface area contributed by atoms with E-state index < -0.39 is 0 Å². The van der Waals surface area contributed by atoms with E-state index in [0.29, 0.717) is 0 Å². The van der Waals surface area contributed by atoms with Gasteiger partial charge in [-0.3, -0.25) is 0 Å². The van der Waals surface area contributed by atoms with E-state index in [4.69, 9.17) is 11.6 Å². The number of rotatable bonds is 0. The summed E-state index contributed by atoms with van der Waals surface area (Å²) in [4.78, 5) is 0. The van der Waals surface area contributed by atoms with Gasteiger partial charge >= 0.3 is 0 Å². The van der Waals surface area contributed by atoms with Gasteiger partial charge in [0.2, 0.25) is 0 Å². The van der Waals surface area contributed by atoms with Crippen LogP contribution in [-0.4, -0.2) is 0 Å². The fourth-order valence-corrected chi connectivity index (χ4v) is 0.773. The highest BCUT2D eigenvalue weighted by atomic mass is 35.5. The highest BCUT2D eigenvalue weighted by Crippen LogP contribution is 2.09. The molecule has 0 saturated carbocycles. The van der Waals surface area contributed by atoms with Crippen molar-refractivity contribution in [3.05, 3.63) is 35.4 Å². The highest BCUT2D eigenvalue weighted by molar-refractivity contribution is 6.25. The van der Waals surface area contributed by atoms with Gasteiger partial charge in [-0.2, -0.15) is 0 Å². The lowest BCUT2D eigenvalue weighted by molar-refractivity contribution is 1.27. The van der Waals surface area contributed by atoms with Crippen LogP contribution in [0.4, 0.5) is 0 Å². The van der Waals surface area contributed by atoms with Crippen LogP contribution in [0.25, 0.3) is 0 Å². The maximum absolute atomic E-state index is 5.43. The van der Waals surface area contributed by atoms with Gasteiger partial charge in [0.1, 0.15) is 0 Å². The molecular weight excluding hydrogens is 120 g/mol. The van der Waals surface area contributed by atoms with Crippen molar-refractivity contribution < 1.29 is 0 Å². The molecule has 0 fully saturated rings. The zero-order chi connectivity index (χ0) is 5.82. The molecule has 0 aromatic carbocycles. The third kappa shape index (κ3) is 1.24. The monoisotopic (exact) mass is 126 g/mol. The number of halogens is 1. The molecule has 0 aromatic rings. The molecule has 0 nitrogen and oxygen atoms in total. The lowest BCUT2D eigenvalue weighted by atomic mass is 10.1. The summed E-state index contributed by atoms with van der Waals surface area (Å²) in [6.45, 7) is 0. The zero-order valence-electron chi connectivity index (χ0n) is 4.47. The van der Waals surface area contributed by atoms with E-state index in [0.717, 1.165) is 6.42 Å². The third-order valence-corrected chi connectivity index (χ3v) is 1.33. The van der Waals surface area contributed by atoms with Crippen LogP contribution in [0, 0.1) is 0 Å². The van der Waals surface area contributed by atoms with Crippen molar-refractivity contribution in [2.75, 3.05) is 0 Å². The first kappa shape index (κ1) is 5.64. The Kier molecular flexibility index (Phi) is 1.93. The Morgan fingerprint density at radius 2 is 2.38 bits per heavy atom. The molecule has 0 aromatic heterocycles. The van der Waals surface area contributed by atoms with E-state index in [2.05, 4.69) is 6.08 Å². The second-order valence-corrected chi connectivity index (χ2v) is 1.89. The van der Waals surface area contributed by atoms with E-state index in [9.17, 15) is 0 Å². The summed E-state index contributed by atoms with van der Waals surface area (Å²) in [5.74, 6) is 0. The molecule has 1 heteroatoms. The van der Waals surface area contributed by atoms with E-state index in [-0.39, 0.29) is 0 Å². The Balaban J connectivity index is 2.66. The quantitative estimate of drug-likeness (QED) is 0.468. The molecule has 0 saturated heterocycles. The Bertz CT molecular complexity index is 152. The average Bonchev–Trinajstić information content (AvgIpc) is 1.90. The van der Waals surface area contributed by atoms with Gasteiger partial charge in [-0.25, -0.2) is 0 Å². The molecule has 0 atom stereocenters. The van der Waals surface area contributed by atoms with Gasteiger partial charge in [0.05, 0.1) is 0 Å². The Labute approximate surface area is 54.2 Å². The molecule has 1 rings (SSSR count). The topological polar surface area (TPSA) is 0 Å². The van der Waals surface area contributed by atoms with E-state index in [1.54, 1.807) is 5.54 Å². The summed E-state index contributed by atoms with van der Waals surface area (Å²) >= 11 is 5.43. The molecule has 0 amide bonds. The van der Waals surface area contributed by atoms with Crippen molar-refractivity contribution in [2.24, 2.45) is 0 Å². The van der Waals surface area contributed by atoms with Crippen molar-refractivity contribution in [2.45, 2.75) is 6.42 Å². The van der Waals surface area contributed by atoms with Crippen LogP contribution in [0.5, 0.6) is 0 Å². The van der Waals surface area contributed by atoms with Crippen LogP contribution in [0.3, 0.4) is 0 Å². The molecule has 0 N–H and O–H groups in total. The summed E-state index contributed by atoms with van der Waals surface area (Å²) in [6.07, 6.45) is 9.06. The normalized spacial score (nSPS) is 22.4. The standard InChI is InChI=1S/C7H7Cl/c8-6-7-4-2-1-3-5-7/h1-4,6H,5H2. The van der Waals surface area contributed by atoms with Crippen LogP contribution < -0.4 is 0 Å². The van der Waals surface area contributed by atoms with Crippen molar-refractivity contribution in [1.29, 1.82) is 0 Å². The van der Waals surface area contributed by atoms with Crippen LogP contribution in [0.15, 0.2) is 35.4 Å². The molecule has 1 aliphatic rings. The van der Waals surface area contributed by atoms with Gasteiger partial charge in [-0.05, 0) is 12.0 Å². The summed E-state index contributed by atoms with van der Waals surface area (Å²) < 4.78 is 0. The molecule has 0 heterocycles. The lowest BCUT2D eigenvalue weighted by Crippen LogP contribution is -1.76. The van der Waals surface area contributed by atoms with Crippen molar-refractivity contribution >= 4 is 11.6 Å². The lowest BCUT2D eigenvalue weighted by Gasteiger charge is -1.96. The van der Waals surface area contributed by atoms with Gasteiger partial charge in [0.25, 0.3) is 0 Å². The number of hydrogen-bond acceptors (Lipinski definition) is 0. The van der Waals surface area contributed by atoms with E-state index in [1.165, 1.54) is 5.57 Å². The van der Waals surface area contributed by atoms with Gasteiger partial charge < -0.3 is 0 Å². The minimum absolute atomic E-state index is 0.972. The maximum atomic E-state index is 5.43. The molecule has 1 aliphatic carbocycles. The third-order valence-electron chi connectivity index (χ3n) is 1.05. The van der Waals surface area contributed by atoms with Gasteiger partial charge in [0.15, 0.2) is 0 Å². The molecule has 42 valence electrons. The minimum atomic E-state index is 0.972. The van der Waals surface area contributed by atoms with Gasteiger partial charge in [-0.1, -0.05) is 35.9 Å². The number of allylic oxidation sites excluding steroid dienone is 5. The summed E-state index contributed by atoms with van der Waals surface area (Å²) in [5, 5.41) is 0. The molecule has 0 unspecified atom stereocenters. The smallest absolute Gasteiger partial charge is 0.00777 e. The van der Waals surface area contributed by atoms with Gasteiger partial charge in [0, 0.05) is 5.54 Å². The summed E-state index contributed by atoms with van der Waals surface area (Å²) in [6, 6.07) is 0. The van der Waals surface area contributed by atoms with E-state index in [1.807, 2.05) is 18.2 Å². The van der Waals surface area contributed by atoms with Crippen molar-refractivity contribution in [3.63, 3.8) is 0 Å². The molecule has 0 aliphatic heterocycles. The predicted octanol–water partition coefficient (Wildman–Crippen LogP) is 2.63. The first-order valence-corrected chi connectivity index (χ1v) is 2.99. The molecule has 0 radical (unpaired) electrons. The van der Waals surface area contributed by atoms with E-state index >= 15 is 0 Å². The largest absolute Gasteiger partial charge is 0.0926 e. The minimum Gasteiger partial charge on any atom is -0.0926 e.